The van der Waals surface area contributed by atoms with Gasteiger partial charge in [-0.1, -0.05) is 6.92 Å². The Morgan fingerprint density at radius 3 is 2.81 bits per heavy atom. The SMILES string of the molecule is CCN1CCCC(Nc2ccc3c(c2)OCCCO3)CC1. The van der Waals surface area contributed by atoms with E-state index in [1.807, 2.05) is 6.07 Å². The first kappa shape index (κ1) is 14.5. The molecule has 1 atom stereocenters. The minimum Gasteiger partial charge on any atom is -0.490 e. The summed E-state index contributed by atoms with van der Waals surface area (Å²) in [6.07, 6.45) is 4.68. The van der Waals surface area contributed by atoms with E-state index in [1.165, 1.54) is 32.4 Å². The van der Waals surface area contributed by atoms with Crippen LogP contribution in [0.3, 0.4) is 0 Å². The maximum atomic E-state index is 5.76. The van der Waals surface area contributed by atoms with Crippen LogP contribution in [0.25, 0.3) is 0 Å². The molecule has 0 amide bonds. The van der Waals surface area contributed by atoms with Crippen molar-refractivity contribution >= 4 is 5.69 Å². The second-order valence-electron chi connectivity index (χ2n) is 5.92. The predicted molar refractivity (Wildman–Crippen MR) is 85.4 cm³/mol. The topological polar surface area (TPSA) is 33.7 Å². The lowest BCUT2D eigenvalue weighted by atomic mass is 10.1. The molecule has 1 aromatic carbocycles. The van der Waals surface area contributed by atoms with Gasteiger partial charge in [0.2, 0.25) is 0 Å². The Bertz CT molecular complexity index is 464. The Morgan fingerprint density at radius 1 is 1.10 bits per heavy atom. The summed E-state index contributed by atoms with van der Waals surface area (Å²) in [5, 5.41) is 3.67. The summed E-state index contributed by atoms with van der Waals surface area (Å²) in [4.78, 5) is 2.54. The number of hydrogen-bond donors (Lipinski definition) is 1. The van der Waals surface area contributed by atoms with Crippen molar-refractivity contribution in [1.29, 1.82) is 0 Å². The molecule has 0 saturated carbocycles. The molecule has 1 aromatic rings. The first-order valence-electron chi connectivity index (χ1n) is 8.23. The lowest BCUT2D eigenvalue weighted by molar-refractivity contribution is 0.297. The predicted octanol–water partition coefficient (Wildman–Crippen LogP) is 3.13. The number of likely N-dealkylation sites (tertiary alicyclic amines) is 1. The van der Waals surface area contributed by atoms with E-state index < -0.39 is 0 Å². The molecule has 1 unspecified atom stereocenters. The Kier molecular flexibility index (Phi) is 4.86. The first-order valence-corrected chi connectivity index (χ1v) is 8.23. The van der Waals surface area contributed by atoms with E-state index in [4.69, 9.17) is 9.47 Å². The lowest BCUT2D eigenvalue weighted by Crippen LogP contribution is -2.26. The third-order valence-corrected chi connectivity index (χ3v) is 4.39. The number of nitrogens with zero attached hydrogens (tertiary/aromatic N) is 1. The number of rotatable bonds is 3. The van der Waals surface area contributed by atoms with Gasteiger partial charge in [-0.25, -0.2) is 0 Å². The minimum atomic E-state index is 0.561. The summed E-state index contributed by atoms with van der Waals surface area (Å²) in [5.41, 5.74) is 1.15. The van der Waals surface area contributed by atoms with Gasteiger partial charge in [-0.2, -0.15) is 0 Å². The van der Waals surface area contributed by atoms with Crippen LogP contribution in [0.5, 0.6) is 11.5 Å². The molecule has 2 aliphatic rings. The van der Waals surface area contributed by atoms with Crippen LogP contribution in [0.2, 0.25) is 0 Å². The molecule has 2 heterocycles. The van der Waals surface area contributed by atoms with Crippen molar-refractivity contribution in [3.63, 3.8) is 0 Å². The average Bonchev–Trinajstić information content (AvgIpc) is 2.87. The van der Waals surface area contributed by atoms with E-state index in [0.717, 1.165) is 43.4 Å². The number of anilines is 1. The van der Waals surface area contributed by atoms with Crippen molar-refractivity contribution in [3.05, 3.63) is 18.2 Å². The van der Waals surface area contributed by atoms with Crippen molar-refractivity contribution in [3.8, 4) is 11.5 Å². The smallest absolute Gasteiger partial charge is 0.163 e. The molecule has 0 radical (unpaired) electrons. The van der Waals surface area contributed by atoms with Crippen LogP contribution in [-0.2, 0) is 0 Å². The second-order valence-corrected chi connectivity index (χ2v) is 5.92. The molecule has 0 aromatic heterocycles. The highest BCUT2D eigenvalue weighted by atomic mass is 16.5. The number of ether oxygens (including phenoxy) is 2. The summed E-state index contributed by atoms with van der Waals surface area (Å²) in [5.74, 6) is 1.75. The Labute approximate surface area is 127 Å². The second kappa shape index (κ2) is 7.03. The highest BCUT2D eigenvalue weighted by Gasteiger charge is 2.17. The first-order chi connectivity index (χ1) is 10.3. The zero-order chi connectivity index (χ0) is 14.5. The molecule has 3 rings (SSSR count). The fourth-order valence-electron chi connectivity index (χ4n) is 3.11. The quantitative estimate of drug-likeness (QED) is 0.927. The monoisotopic (exact) mass is 290 g/mol. The van der Waals surface area contributed by atoms with Crippen molar-refractivity contribution < 1.29 is 9.47 Å². The summed E-state index contributed by atoms with van der Waals surface area (Å²) >= 11 is 0. The normalized spacial score (nSPS) is 23.2. The number of hydrogen-bond acceptors (Lipinski definition) is 4. The van der Waals surface area contributed by atoms with Crippen LogP contribution < -0.4 is 14.8 Å². The third kappa shape index (κ3) is 3.82. The van der Waals surface area contributed by atoms with E-state index in [2.05, 4.69) is 29.3 Å². The molecule has 4 heteroatoms. The van der Waals surface area contributed by atoms with E-state index >= 15 is 0 Å². The Hall–Kier alpha value is -1.42. The average molecular weight is 290 g/mol. The molecular formula is C17H26N2O2. The van der Waals surface area contributed by atoms with Gasteiger partial charge in [-0.05, 0) is 44.5 Å². The van der Waals surface area contributed by atoms with Crippen molar-refractivity contribution in [2.45, 2.75) is 38.6 Å². The molecule has 0 spiro atoms. The van der Waals surface area contributed by atoms with Gasteiger partial charge in [0.25, 0.3) is 0 Å². The molecule has 1 saturated heterocycles. The summed E-state index contributed by atoms with van der Waals surface area (Å²) in [7, 11) is 0. The van der Waals surface area contributed by atoms with Gasteiger partial charge in [0, 0.05) is 30.8 Å². The number of nitrogens with one attached hydrogen (secondary N) is 1. The van der Waals surface area contributed by atoms with E-state index in [1.54, 1.807) is 0 Å². The van der Waals surface area contributed by atoms with Crippen molar-refractivity contribution in [2.24, 2.45) is 0 Å². The van der Waals surface area contributed by atoms with Gasteiger partial charge < -0.3 is 19.7 Å². The summed E-state index contributed by atoms with van der Waals surface area (Å²) in [6.45, 7) is 7.32. The highest BCUT2D eigenvalue weighted by molar-refractivity contribution is 5.55. The maximum Gasteiger partial charge on any atom is 0.163 e. The summed E-state index contributed by atoms with van der Waals surface area (Å²) in [6, 6.07) is 6.78. The molecule has 116 valence electrons. The zero-order valence-corrected chi connectivity index (χ0v) is 12.9. The molecular weight excluding hydrogens is 264 g/mol. The third-order valence-electron chi connectivity index (χ3n) is 4.39. The van der Waals surface area contributed by atoms with E-state index in [9.17, 15) is 0 Å². The highest BCUT2D eigenvalue weighted by Crippen LogP contribution is 2.32. The Balaban J connectivity index is 1.63. The fraction of sp³-hybridized carbons (Fsp3) is 0.647. The molecule has 4 nitrogen and oxygen atoms in total. The fourth-order valence-corrected chi connectivity index (χ4v) is 3.11. The van der Waals surface area contributed by atoms with E-state index in [0.29, 0.717) is 6.04 Å². The van der Waals surface area contributed by atoms with Crippen LogP contribution in [0, 0.1) is 0 Å². The molecule has 1 N–H and O–H groups in total. The molecule has 0 bridgehead atoms. The van der Waals surface area contributed by atoms with Gasteiger partial charge in [0.1, 0.15) is 0 Å². The van der Waals surface area contributed by atoms with E-state index in [-0.39, 0.29) is 0 Å². The number of benzene rings is 1. The van der Waals surface area contributed by atoms with Gasteiger partial charge in [-0.15, -0.1) is 0 Å². The van der Waals surface area contributed by atoms with Crippen LogP contribution in [-0.4, -0.2) is 43.8 Å². The van der Waals surface area contributed by atoms with Crippen LogP contribution >= 0.6 is 0 Å². The molecule has 1 fully saturated rings. The summed E-state index contributed by atoms with van der Waals surface area (Å²) < 4.78 is 11.4. The van der Waals surface area contributed by atoms with Gasteiger partial charge >= 0.3 is 0 Å². The Morgan fingerprint density at radius 2 is 1.95 bits per heavy atom. The van der Waals surface area contributed by atoms with Crippen molar-refractivity contribution in [2.75, 3.05) is 38.2 Å². The standard InChI is InChI=1S/C17H26N2O2/c1-2-19-9-3-5-14(8-10-19)18-15-6-7-16-17(13-15)21-12-4-11-20-16/h6-7,13-14,18H,2-5,8-12H2,1H3. The lowest BCUT2D eigenvalue weighted by Gasteiger charge is -2.20. The molecule has 0 aliphatic carbocycles. The number of fused-ring (bicyclic) bond motifs is 1. The minimum absolute atomic E-state index is 0.561. The largest absolute Gasteiger partial charge is 0.490 e. The zero-order valence-electron chi connectivity index (χ0n) is 12.9. The van der Waals surface area contributed by atoms with Crippen LogP contribution in [0.4, 0.5) is 5.69 Å². The van der Waals surface area contributed by atoms with Gasteiger partial charge in [0.15, 0.2) is 11.5 Å². The molecule has 2 aliphatic heterocycles. The van der Waals surface area contributed by atoms with Crippen LogP contribution in [0.15, 0.2) is 18.2 Å². The van der Waals surface area contributed by atoms with Crippen LogP contribution in [0.1, 0.15) is 32.6 Å². The molecule has 21 heavy (non-hydrogen) atoms. The van der Waals surface area contributed by atoms with Crippen molar-refractivity contribution in [1.82, 2.24) is 4.90 Å². The maximum absolute atomic E-state index is 5.76. The van der Waals surface area contributed by atoms with Gasteiger partial charge in [0.05, 0.1) is 13.2 Å². The van der Waals surface area contributed by atoms with Gasteiger partial charge in [-0.3, -0.25) is 0 Å².